The zero-order valence-electron chi connectivity index (χ0n) is 9.02. The molecular formula is C11H21N. The van der Waals surface area contributed by atoms with Crippen LogP contribution < -0.4 is 0 Å². The summed E-state index contributed by atoms with van der Waals surface area (Å²) in [6, 6.07) is 0.685. The summed E-state index contributed by atoms with van der Waals surface area (Å²) in [7, 11) is 4.35. The summed E-state index contributed by atoms with van der Waals surface area (Å²) >= 11 is 0. The van der Waals surface area contributed by atoms with Crippen LogP contribution in [0.1, 0.15) is 33.6 Å². The lowest BCUT2D eigenvalue weighted by Crippen LogP contribution is -2.32. The molecule has 1 rings (SSSR count). The summed E-state index contributed by atoms with van der Waals surface area (Å²) < 4.78 is 0. The van der Waals surface area contributed by atoms with Gasteiger partial charge in [0.2, 0.25) is 0 Å². The molecule has 1 heteroatoms. The second kappa shape index (κ2) is 3.21. The molecule has 0 aromatic carbocycles. The maximum atomic E-state index is 2.42. The van der Waals surface area contributed by atoms with Crippen LogP contribution in [-0.2, 0) is 0 Å². The summed E-state index contributed by atoms with van der Waals surface area (Å²) in [4.78, 5) is 2.34. The minimum atomic E-state index is 0.353. The van der Waals surface area contributed by atoms with E-state index in [0.717, 1.165) is 0 Å². The molecule has 0 saturated heterocycles. The van der Waals surface area contributed by atoms with Crippen molar-refractivity contribution in [2.24, 2.45) is 5.41 Å². The Kier molecular flexibility index (Phi) is 2.62. The SMILES string of the molecule is CN(C)C1CCC=C1C(C)(C)C. The Balaban J connectivity index is 2.76. The molecule has 1 unspecified atom stereocenters. The van der Waals surface area contributed by atoms with Gasteiger partial charge < -0.3 is 4.90 Å². The third-order valence-corrected chi connectivity index (χ3v) is 2.65. The monoisotopic (exact) mass is 167 g/mol. The Morgan fingerprint density at radius 1 is 1.33 bits per heavy atom. The van der Waals surface area contributed by atoms with Gasteiger partial charge in [-0.3, -0.25) is 0 Å². The van der Waals surface area contributed by atoms with E-state index in [1.807, 2.05) is 0 Å². The first kappa shape index (κ1) is 9.79. The lowest BCUT2D eigenvalue weighted by Gasteiger charge is -2.31. The fourth-order valence-corrected chi connectivity index (χ4v) is 2.03. The van der Waals surface area contributed by atoms with E-state index in [1.54, 1.807) is 5.57 Å². The molecule has 0 aromatic heterocycles. The van der Waals surface area contributed by atoms with E-state index in [4.69, 9.17) is 0 Å². The molecule has 1 aliphatic rings. The van der Waals surface area contributed by atoms with Gasteiger partial charge in [-0.25, -0.2) is 0 Å². The number of nitrogens with zero attached hydrogens (tertiary/aromatic N) is 1. The first-order valence-electron chi connectivity index (χ1n) is 4.80. The predicted molar refractivity (Wildman–Crippen MR) is 54.2 cm³/mol. The van der Waals surface area contributed by atoms with Crippen molar-refractivity contribution in [2.45, 2.75) is 39.7 Å². The molecule has 0 amide bonds. The van der Waals surface area contributed by atoms with Crippen molar-refractivity contribution in [1.29, 1.82) is 0 Å². The lowest BCUT2D eigenvalue weighted by molar-refractivity contribution is 0.291. The summed E-state index contributed by atoms with van der Waals surface area (Å²) in [6.07, 6.45) is 4.99. The van der Waals surface area contributed by atoms with Gasteiger partial charge >= 0.3 is 0 Å². The molecule has 1 nitrogen and oxygen atoms in total. The summed E-state index contributed by atoms with van der Waals surface area (Å²) in [5, 5.41) is 0. The molecule has 70 valence electrons. The quantitative estimate of drug-likeness (QED) is 0.543. The van der Waals surface area contributed by atoms with E-state index in [2.05, 4.69) is 45.8 Å². The van der Waals surface area contributed by atoms with Gasteiger partial charge in [-0.2, -0.15) is 0 Å². The summed E-state index contributed by atoms with van der Waals surface area (Å²) in [6.45, 7) is 6.92. The fraction of sp³-hybridized carbons (Fsp3) is 0.818. The van der Waals surface area contributed by atoms with E-state index in [1.165, 1.54) is 12.8 Å². The average molecular weight is 167 g/mol. The summed E-state index contributed by atoms with van der Waals surface area (Å²) in [5.41, 5.74) is 1.97. The van der Waals surface area contributed by atoms with E-state index < -0.39 is 0 Å². The van der Waals surface area contributed by atoms with Gasteiger partial charge in [0.05, 0.1) is 0 Å². The maximum Gasteiger partial charge on any atom is 0.0309 e. The van der Waals surface area contributed by atoms with Crippen molar-refractivity contribution in [1.82, 2.24) is 4.90 Å². The molecule has 0 fully saturated rings. The molecule has 0 aromatic rings. The highest BCUT2D eigenvalue weighted by Gasteiger charge is 2.29. The molecule has 0 saturated carbocycles. The third kappa shape index (κ3) is 1.89. The van der Waals surface area contributed by atoms with Crippen LogP contribution in [0.5, 0.6) is 0 Å². The van der Waals surface area contributed by atoms with Crippen molar-refractivity contribution in [3.63, 3.8) is 0 Å². The van der Waals surface area contributed by atoms with Crippen LogP contribution in [0.25, 0.3) is 0 Å². The van der Waals surface area contributed by atoms with Crippen molar-refractivity contribution in [3.8, 4) is 0 Å². The average Bonchev–Trinajstić information content (AvgIpc) is 2.30. The zero-order chi connectivity index (χ0) is 9.35. The van der Waals surface area contributed by atoms with Gasteiger partial charge in [0.15, 0.2) is 0 Å². The van der Waals surface area contributed by atoms with Crippen molar-refractivity contribution in [3.05, 3.63) is 11.6 Å². The number of allylic oxidation sites excluding steroid dienone is 1. The Morgan fingerprint density at radius 2 is 1.92 bits per heavy atom. The topological polar surface area (TPSA) is 3.24 Å². The second-order valence-electron chi connectivity index (χ2n) is 4.97. The number of likely N-dealkylation sites (N-methyl/N-ethyl adjacent to an activating group) is 1. The number of hydrogen-bond donors (Lipinski definition) is 0. The standard InChI is InChI=1S/C11H21N/c1-11(2,3)9-7-6-8-10(9)12(4)5/h7,10H,6,8H2,1-5H3. The van der Waals surface area contributed by atoms with E-state index in [0.29, 0.717) is 11.5 Å². The molecule has 0 N–H and O–H groups in total. The van der Waals surface area contributed by atoms with Crippen LogP contribution in [0, 0.1) is 5.41 Å². The second-order valence-corrected chi connectivity index (χ2v) is 4.97. The van der Waals surface area contributed by atoms with Crippen LogP contribution in [0.4, 0.5) is 0 Å². The molecule has 0 spiro atoms. The van der Waals surface area contributed by atoms with Gasteiger partial charge in [0.25, 0.3) is 0 Å². The van der Waals surface area contributed by atoms with Crippen LogP contribution >= 0.6 is 0 Å². The first-order valence-corrected chi connectivity index (χ1v) is 4.80. The largest absolute Gasteiger partial charge is 0.303 e. The normalized spacial score (nSPS) is 24.8. The molecule has 0 bridgehead atoms. The minimum absolute atomic E-state index is 0.353. The van der Waals surface area contributed by atoms with E-state index in [-0.39, 0.29) is 0 Å². The molecule has 0 radical (unpaired) electrons. The highest BCUT2D eigenvalue weighted by atomic mass is 15.1. The zero-order valence-corrected chi connectivity index (χ0v) is 9.02. The maximum absolute atomic E-state index is 2.42. The predicted octanol–water partition coefficient (Wildman–Crippen LogP) is 2.68. The third-order valence-electron chi connectivity index (χ3n) is 2.65. The van der Waals surface area contributed by atoms with E-state index >= 15 is 0 Å². The van der Waals surface area contributed by atoms with Crippen LogP contribution in [-0.4, -0.2) is 25.0 Å². The highest BCUT2D eigenvalue weighted by molar-refractivity contribution is 5.22. The van der Waals surface area contributed by atoms with Crippen LogP contribution in [0.3, 0.4) is 0 Å². The van der Waals surface area contributed by atoms with Gasteiger partial charge in [0.1, 0.15) is 0 Å². The highest BCUT2D eigenvalue weighted by Crippen LogP contribution is 2.36. The summed E-state index contributed by atoms with van der Waals surface area (Å²) in [5.74, 6) is 0. The first-order chi connectivity index (χ1) is 5.43. The van der Waals surface area contributed by atoms with Gasteiger partial charge in [-0.05, 0) is 32.4 Å². The van der Waals surface area contributed by atoms with Gasteiger partial charge in [-0.1, -0.05) is 32.4 Å². The number of hydrogen-bond acceptors (Lipinski definition) is 1. The Bertz CT molecular complexity index is 184. The van der Waals surface area contributed by atoms with Gasteiger partial charge in [-0.15, -0.1) is 0 Å². The smallest absolute Gasteiger partial charge is 0.0309 e. The Hall–Kier alpha value is -0.300. The molecule has 0 heterocycles. The fourth-order valence-electron chi connectivity index (χ4n) is 2.03. The van der Waals surface area contributed by atoms with Crippen molar-refractivity contribution in [2.75, 3.05) is 14.1 Å². The molecular weight excluding hydrogens is 146 g/mol. The Morgan fingerprint density at radius 3 is 2.25 bits per heavy atom. The van der Waals surface area contributed by atoms with Crippen molar-refractivity contribution < 1.29 is 0 Å². The lowest BCUT2D eigenvalue weighted by atomic mass is 9.83. The van der Waals surface area contributed by atoms with Gasteiger partial charge in [0, 0.05) is 6.04 Å². The number of rotatable bonds is 1. The minimum Gasteiger partial charge on any atom is -0.303 e. The Labute approximate surface area is 76.5 Å². The van der Waals surface area contributed by atoms with Crippen LogP contribution in [0.2, 0.25) is 0 Å². The molecule has 1 atom stereocenters. The van der Waals surface area contributed by atoms with E-state index in [9.17, 15) is 0 Å². The van der Waals surface area contributed by atoms with Crippen molar-refractivity contribution >= 4 is 0 Å². The molecule has 0 aliphatic heterocycles. The van der Waals surface area contributed by atoms with Crippen LogP contribution in [0.15, 0.2) is 11.6 Å². The molecule has 1 aliphatic carbocycles. The molecule has 12 heavy (non-hydrogen) atoms.